The van der Waals surface area contributed by atoms with E-state index >= 15 is 0 Å². The van der Waals surface area contributed by atoms with Gasteiger partial charge in [-0.3, -0.25) is 9.78 Å². The molecule has 110 valence electrons. The number of para-hydroxylation sites is 1. The molecular formula is C16H14N4O2. The van der Waals surface area contributed by atoms with Crippen LogP contribution in [0.3, 0.4) is 0 Å². The van der Waals surface area contributed by atoms with Crippen molar-refractivity contribution >= 4 is 5.91 Å². The van der Waals surface area contributed by atoms with E-state index in [1.54, 1.807) is 30.9 Å². The van der Waals surface area contributed by atoms with E-state index in [9.17, 15) is 4.79 Å². The van der Waals surface area contributed by atoms with Gasteiger partial charge in [0.15, 0.2) is 5.75 Å². The Labute approximate surface area is 127 Å². The van der Waals surface area contributed by atoms with E-state index in [1.165, 1.54) is 6.20 Å². The van der Waals surface area contributed by atoms with Crippen molar-refractivity contribution in [2.75, 3.05) is 0 Å². The van der Waals surface area contributed by atoms with Crippen molar-refractivity contribution in [1.82, 2.24) is 20.0 Å². The highest BCUT2D eigenvalue weighted by Gasteiger charge is 2.09. The van der Waals surface area contributed by atoms with Crippen LogP contribution in [-0.4, -0.2) is 20.4 Å². The number of imidazole rings is 1. The van der Waals surface area contributed by atoms with Crippen LogP contribution in [0, 0.1) is 0 Å². The molecule has 0 aliphatic heterocycles. The van der Waals surface area contributed by atoms with Gasteiger partial charge in [0.05, 0.1) is 24.6 Å². The number of hydrogen-bond acceptors (Lipinski definition) is 4. The van der Waals surface area contributed by atoms with Gasteiger partial charge in [-0.1, -0.05) is 18.2 Å². The fraction of sp³-hybridized carbons (Fsp3) is 0.0625. The first-order valence-corrected chi connectivity index (χ1v) is 6.75. The second-order valence-corrected chi connectivity index (χ2v) is 4.59. The molecule has 0 unspecified atom stereocenters. The highest BCUT2D eigenvalue weighted by molar-refractivity contribution is 5.78. The summed E-state index contributed by atoms with van der Waals surface area (Å²) in [6.45, 7) is 0. The summed E-state index contributed by atoms with van der Waals surface area (Å²) in [5.41, 5.74) is 4.21. The number of hydroxylamine groups is 1. The Kier molecular flexibility index (Phi) is 4.10. The second kappa shape index (κ2) is 6.53. The highest BCUT2D eigenvalue weighted by Crippen LogP contribution is 2.14. The quantitative estimate of drug-likeness (QED) is 0.730. The molecule has 0 aliphatic rings. The largest absolute Gasteiger partial charge is 0.378 e. The van der Waals surface area contributed by atoms with Gasteiger partial charge in [0, 0.05) is 18.6 Å². The molecule has 2 aromatic heterocycles. The first-order chi connectivity index (χ1) is 10.8. The van der Waals surface area contributed by atoms with Crippen LogP contribution in [0.5, 0.6) is 5.75 Å². The van der Waals surface area contributed by atoms with Gasteiger partial charge >= 0.3 is 0 Å². The summed E-state index contributed by atoms with van der Waals surface area (Å²) in [6.07, 6.45) is 8.60. The lowest BCUT2D eigenvalue weighted by Crippen LogP contribution is -2.28. The molecule has 0 bridgehead atoms. The number of amides is 1. The SMILES string of the molecule is O=C(Cc1ccccc1-n1ccnc1)NOc1cccnc1. The molecule has 3 rings (SSSR count). The summed E-state index contributed by atoms with van der Waals surface area (Å²) in [5.74, 6) is 0.246. The minimum Gasteiger partial charge on any atom is -0.378 e. The minimum atomic E-state index is -0.239. The maximum absolute atomic E-state index is 12.0. The number of benzene rings is 1. The number of carbonyl (C=O) groups excluding carboxylic acids is 1. The molecule has 3 aromatic rings. The molecule has 0 aliphatic carbocycles. The van der Waals surface area contributed by atoms with Crippen LogP contribution in [0.25, 0.3) is 5.69 Å². The van der Waals surface area contributed by atoms with Gasteiger partial charge in [-0.25, -0.2) is 4.98 Å². The molecule has 0 radical (unpaired) electrons. The molecule has 0 fully saturated rings. The van der Waals surface area contributed by atoms with Gasteiger partial charge in [0.1, 0.15) is 0 Å². The summed E-state index contributed by atoms with van der Waals surface area (Å²) < 4.78 is 1.87. The molecule has 0 spiro atoms. The average molecular weight is 294 g/mol. The first kappa shape index (κ1) is 13.8. The monoisotopic (exact) mass is 294 g/mol. The van der Waals surface area contributed by atoms with Crippen molar-refractivity contribution in [3.05, 3.63) is 73.1 Å². The van der Waals surface area contributed by atoms with Gasteiger partial charge in [0.2, 0.25) is 0 Å². The fourth-order valence-electron chi connectivity index (χ4n) is 2.05. The Morgan fingerprint density at radius 1 is 1.14 bits per heavy atom. The highest BCUT2D eigenvalue weighted by atomic mass is 16.7. The zero-order valence-electron chi connectivity index (χ0n) is 11.7. The lowest BCUT2D eigenvalue weighted by Gasteiger charge is -2.10. The van der Waals surface area contributed by atoms with E-state index in [1.807, 2.05) is 35.0 Å². The van der Waals surface area contributed by atoms with E-state index in [-0.39, 0.29) is 12.3 Å². The third-order valence-electron chi connectivity index (χ3n) is 3.04. The summed E-state index contributed by atoms with van der Waals surface area (Å²) in [4.78, 5) is 25.1. The van der Waals surface area contributed by atoms with Crippen LogP contribution in [0.4, 0.5) is 0 Å². The molecule has 1 aromatic carbocycles. The lowest BCUT2D eigenvalue weighted by atomic mass is 10.1. The standard InChI is InChI=1S/C16H14N4O2/c21-16(19-22-14-5-3-7-17-11-14)10-13-4-1-2-6-15(13)20-9-8-18-12-20/h1-9,11-12H,10H2,(H,19,21). The number of hydrogen-bond donors (Lipinski definition) is 1. The number of pyridine rings is 1. The predicted octanol–water partition coefficient (Wildman–Crippen LogP) is 1.92. The van der Waals surface area contributed by atoms with Crippen molar-refractivity contribution in [3.63, 3.8) is 0 Å². The maximum Gasteiger partial charge on any atom is 0.257 e. The first-order valence-electron chi connectivity index (χ1n) is 6.75. The number of aromatic nitrogens is 3. The van der Waals surface area contributed by atoms with Crippen LogP contribution in [0.15, 0.2) is 67.5 Å². The Morgan fingerprint density at radius 2 is 2.05 bits per heavy atom. The third kappa shape index (κ3) is 3.29. The van der Waals surface area contributed by atoms with Crippen LogP contribution in [-0.2, 0) is 11.2 Å². The van der Waals surface area contributed by atoms with Crippen LogP contribution in [0.1, 0.15) is 5.56 Å². The number of nitrogens with one attached hydrogen (secondary N) is 1. The topological polar surface area (TPSA) is 69.0 Å². The zero-order valence-corrected chi connectivity index (χ0v) is 11.7. The molecule has 1 amide bonds. The van der Waals surface area contributed by atoms with Gasteiger partial charge < -0.3 is 9.40 Å². The molecular weight excluding hydrogens is 280 g/mol. The number of carbonyl (C=O) groups is 1. The summed E-state index contributed by atoms with van der Waals surface area (Å²) in [7, 11) is 0. The Bertz CT molecular complexity index is 742. The van der Waals surface area contributed by atoms with Gasteiger partial charge in [-0.2, -0.15) is 5.48 Å². The van der Waals surface area contributed by atoms with Crippen LogP contribution in [0.2, 0.25) is 0 Å². The molecule has 1 N–H and O–H groups in total. The van der Waals surface area contributed by atoms with E-state index in [0.29, 0.717) is 5.75 Å². The maximum atomic E-state index is 12.0. The van der Waals surface area contributed by atoms with E-state index < -0.39 is 0 Å². The van der Waals surface area contributed by atoms with Crippen molar-refractivity contribution < 1.29 is 9.63 Å². The van der Waals surface area contributed by atoms with Crippen molar-refractivity contribution in [2.24, 2.45) is 0 Å². The van der Waals surface area contributed by atoms with Crippen LogP contribution < -0.4 is 10.3 Å². The van der Waals surface area contributed by atoms with Crippen LogP contribution >= 0.6 is 0 Å². The normalized spacial score (nSPS) is 10.2. The smallest absolute Gasteiger partial charge is 0.257 e. The third-order valence-corrected chi connectivity index (χ3v) is 3.04. The molecule has 0 saturated carbocycles. The zero-order chi connectivity index (χ0) is 15.2. The molecule has 22 heavy (non-hydrogen) atoms. The van der Waals surface area contributed by atoms with Gasteiger partial charge in [0.25, 0.3) is 5.91 Å². The Hall–Kier alpha value is -3.15. The molecule has 0 atom stereocenters. The lowest BCUT2D eigenvalue weighted by molar-refractivity contribution is -0.126. The molecule has 6 nitrogen and oxygen atoms in total. The minimum absolute atomic E-state index is 0.203. The summed E-state index contributed by atoms with van der Waals surface area (Å²) in [6, 6.07) is 11.1. The summed E-state index contributed by atoms with van der Waals surface area (Å²) >= 11 is 0. The van der Waals surface area contributed by atoms with Gasteiger partial charge in [-0.15, -0.1) is 0 Å². The Morgan fingerprint density at radius 3 is 2.82 bits per heavy atom. The van der Waals surface area contributed by atoms with Gasteiger partial charge in [-0.05, 0) is 23.8 Å². The van der Waals surface area contributed by atoms with Crippen molar-refractivity contribution in [1.29, 1.82) is 0 Å². The number of rotatable bonds is 5. The fourth-order valence-corrected chi connectivity index (χ4v) is 2.05. The summed E-state index contributed by atoms with van der Waals surface area (Å²) in [5, 5.41) is 0. The van der Waals surface area contributed by atoms with Crippen molar-refractivity contribution in [3.8, 4) is 11.4 Å². The number of nitrogens with zero attached hydrogens (tertiary/aromatic N) is 3. The molecule has 2 heterocycles. The molecule has 6 heteroatoms. The average Bonchev–Trinajstić information content (AvgIpc) is 3.09. The predicted molar refractivity (Wildman–Crippen MR) is 80.3 cm³/mol. The second-order valence-electron chi connectivity index (χ2n) is 4.59. The van der Waals surface area contributed by atoms with E-state index in [2.05, 4.69) is 15.4 Å². The molecule has 0 saturated heterocycles. The van der Waals surface area contributed by atoms with Crippen molar-refractivity contribution in [2.45, 2.75) is 6.42 Å². The van der Waals surface area contributed by atoms with E-state index in [0.717, 1.165) is 11.3 Å². The Balaban J connectivity index is 1.67. The van der Waals surface area contributed by atoms with E-state index in [4.69, 9.17) is 4.84 Å².